The van der Waals surface area contributed by atoms with Gasteiger partial charge in [0.15, 0.2) is 5.78 Å². The van der Waals surface area contributed by atoms with E-state index in [9.17, 15) is 20.1 Å². The second-order valence-corrected chi connectivity index (χ2v) is 8.91. The van der Waals surface area contributed by atoms with E-state index in [0.29, 0.717) is 24.7 Å². The molecule has 4 heteroatoms. The zero-order valence-electron chi connectivity index (χ0n) is 14.0. The normalized spacial score (nSPS) is 55.7. The number of aliphatic hydroxyl groups is 3. The van der Waals surface area contributed by atoms with Crippen molar-refractivity contribution >= 4 is 5.78 Å². The van der Waals surface area contributed by atoms with Crippen molar-refractivity contribution in [1.82, 2.24) is 0 Å². The van der Waals surface area contributed by atoms with Crippen molar-refractivity contribution in [2.24, 2.45) is 28.6 Å². The third kappa shape index (κ3) is 1.98. The molecule has 4 aliphatic rings. The topological polar surface area (TPSA) is 77.8 Å². The molecule has 0 bridgehead atoms. The van der Waals surface area contributed by atoms with Crippen LogP contribution in [0.25, 0.3) is 0 Å². The van der Waals surface area contributed by atoms with Crippen molar-refractivity contribution in [3.05, 3.63) is 11.6 Å². The summed E-state index contributed by atoms with van der Waals surface area (Å²) < 4.78 is 0. The predicted octanol–water partition coefficient (Wildman–Crippen LogP) is 1.82. The number of aliphatic hydroxyl groups excluding tert-OH is 3. The number of carbonyl (C=O) groups is 1. The van der Waals surface area contributed by atoms with Crippen LogP contribution in [0.1, 0.15) is 52.4 Å². The molecule has 4 aliphatic carbocycles. The monoisotopic (exact) mass is 320 g/mol. The Balaban J connectivity index is 1.72. The van der Waals surface area contributed by atoms with E-state index in [1.807, 2.05) is 0 Å². The minimum Gasteiger partial charge on any atom is -0.393 e. The van der Waals surface area contributed by atoms with E-state index in [-0.39, 0.29) is 22.5 Å². The Bertz CT molecular complexity index is 570. The summed E-state index contributed by atoms with van der Waals surface area (Å²) >= 11 is 0. The van der Waals surface area contributed by atoms with Crippen molar-refractivity contribution in [1.29, 1.82) is 0 Å². The number of allylic oxidation sites excluding steroid dienone is 1. The van der Waals surface area contributed by atoms with Crippen molar-refractivity contribution in [3.63, 3.8) is 0 Å². The van der Waals surface area contributed by atoms with E-state index in [1.54, 1.807) is 6.08 Å². The molecule has 3 N–H and O–H groups in total. The van der Waals surface area contributed by atoms with E-state index >= 15 is 0 Å². The van der Waals surface area contributed by atoms with Gasteiger partial charge in [-0.25, -0.2) is 0 Å². The van der Waals surface area contributed by atoms with Crippen molar-refractivity contribution < 1.29 is 20.1 Å². The highest BCUT2D eigenvalue weighted by Gasteiger charge is 2.62. The fourth-order valence-corrected chi connectivity index (χ4v) is 6.65. The number of fused-ring (bicyclic) bond motifs is 5. The molecule has 3 fully saturated rings. The van der Waals surface area contributed by atoms with Gasteiger partial charge in [0.05, 0.1) is 12.2 Å². The van der Waals surface area contributed by atoms with E-state index in [0.717, 1.165) is 25.7 Å². The molecule has 0 saturated heterocycles. The van der Waals surface area contributed by atoms with Crippen LogP contribution in [0.3, 0.4) is 0 Å². The summed E-state index contributed by atoms with van der Waals surface area (Å²) in [5, 5.41) is 31.2. The fraction of sp³-hybridized carbons (Fsp3) is 0.842. The first-order valence-corrected chi connectivity index (χ1v) is 9.06. The summed E-state index contributed by atoms with van der Waals surface area (Å²) in [6.45, 7) is 4.34. The van der Waals surface area contributed by atoms with Gasteiger partial charge in [0.2, 0.25) is 0 Å². The molecule has 0 aromatic rings. The van der Waals surface area contributed by atoms with Crippen LogP contribution in [0.5, 0.6) is 0 Å². The molecular weight excluding hydrogens is 292 g/mol. The van der Waals surface area contributed by atoms with E-state index in [4.69, 9.17) is 0 Å². The Hall–Kier alpha value is -0.710. The van der Waals surface area contributed by atoms with E-state index in [2.05, 4.69) is 13.8 Å². The number of hydrogen-bond donors (Lipinski definition) is 3. The molecule has 0 aromatic heterocycles. The molecule has 0 radical (unpaired) electrons. The second kappa shape index (κ2) is 4.90. The lowest BCUT2D eigenvalue weighted by molar-refractivity contribution is -0.130. The van der Waals surface area contributed by atoms with Gasteiger partial charge in [-0.05, 0) is 66.8 Å². The summed E-state index contributed by atoms with van der Waals surface area (Å²) in [5.41, 5.74) is 0.886. The third-order valence-electron chi connectivity index (χ3n) is 7.94. The quantitative estimate of drug-likeness (QED) is 0.636. The van der Waals surface area contributed by atoms with Crippen LogP contribution in [0.15, 0.2) is 11.6 Å². The first-order valence-electron chi connectivity index (χ1n) is 9.06. The molecule has 4 rings (SSSR count). The highest BCUT2D eigenvalue weighted by molar-refractivity contribution is 5.95. The molecule has 128 valence electrons. The van der Waals surface area contributed by atoms with Crippen molar-refractivity contribution in [2.45, 2.75) is 70.7 Å². The first-order chi connectivity index (χ1) is 10.8. The molecule has 23 heavy (non-hydrogen) atoms. The van der Waals surface area contributed by atoms with Gasteiger partial charge in [-0.15, -0.1) is 0 Å². The maximum Gasteiger partial charge on any atom is 0.184 e. The Labute approximate surface area is 137 Å². The van der Waals surface area contributed by atoms with Gasteiger partial charge in [-0.2, -0.15) is 0 Å². The fourth-order valence-electron chi connectivity index (χ4n) is 6.65. The molecule has 8 atom stereocenters. The van der Waals surface area contributed by atoms with Gasteiger partial charge >= 0.3 is 0 Å². The lowest BCUT2D eigenvalue weighted by Crippen LogP contribution is -2.54. The Kier molecular flexibility index (Phi) is 3.37. The summed E-state index contributed by atoms with van der Waals surface area (Å²) in [7, 11) is 0. The summed E-state index contributed by atoms with van der Waals surface area (Å²) in [4.78, 5) is 11.9. The summed E-state index contributed by atoms with van der Waals surface area (Å²) in [5.74, 6) is 0.768. The van der Waals surface area contributed by atoms with Crippen LogP contribution in [0.2, 0.25) is 0 Å². The smallest absolute Gasteiger partial charge is 0.184 e. The molecule has 0 aliphatic heterocycles. The predicted molar refractivity (Wildman–Crippen MR) is 85.5 cm³/mol. The van der Waals surface area contributed by atoms with Gasteiger partial charge in [-0.3, -0.25) is 4.79 Å². The van der Waals surface area contributed by atoms with Gasteiger partial charge in [-0.1, -0.05) is 19.4 Å². The van der Waals surface area contributed by atoms with Crippen LogP contribution in [-0.4, -0.2) is 39.4 Å². The molecule has 0 spiro atoms. The minimum atomic E-state index is -0.880. The second-order valence-electron chi connectivity index (χ2n) is 8.91. The van der Waals surface area contributed by atoms with Crippen LogP contribution >= 0.6 is 0 Å². The molecule has 0 aromatic carbocycles. The SMILES string of the molecule is CC12CC(O)C(=O)C=C1CCC1C2CCC2(C)C(O)CC(O)C12. The zero-order valence-corrected chi connectivity index (χ0v) is 14.0. The van der Waals surface area contributed by atoms with E-state index in [1.165, 1.54) is 5.57 Å². The van der Waals surface area contributed by atoms with Crippen molar-refractivity contribution in [2.75, 3.05) is 0 Å². The Morgan fingerprint density at radius 1 is 1.17 bits per heavy atom. The molecule has 3 saturated carbocycles. The average Bonchev–Trinajstić information content (AvgIpc) is 2.71. The van der Waals surface area contributed by atoms with Crippen LogP contribution in [0, 0.1) is 28.6 Å². The Morgan fingerprint density at radius 2 is 1.91 bits per heavy atom. The van der Waals surface area contributed by atoms with Gasteiger partial charge in [0, 0.05) is 6.42 Å². The molecular formula is C19H28O4. The molecule has 4 nitrogen and oxygen atoms in total. The highest BCUT2D eigenvalue weighted by atomic mass is 16.3. The van der Waals surface area contributed by atoms with Gasteiger partial charge in [0.1, 0.15) is 6.10 Å². The largest absolute Gasteiger partial charge is 0.393 e. The average molecular weight is 320 g/mol. The zero-order chi connectivity index (χ0) is 16.6. The van der Waals surface area contributed by atoms with Crippen LogP contribution < -0.4 is 0 Å². The van der Waals surface area contributed by atoms with E-state index < -0.39 is 18.3 Å². The minimum absolute atomic E-state index is 0.134. The molecule has 0 amide bonds. The molecule has 0 heterocycles. The maximum absolute atomic E-state index is 11.9. The van der Waals surface area contributed by atoms with Crippen molar-refractivity contribution in [3.8, 4) is 0 Å². The van der Waals surface area contributed by atoms with Crippen LogP contribution in [-0.2, 0) is 4.79 Å². The lowest BCUT2D eigenvalue weighted by Gasteiger charge is -2.58. The standard InChI is InChI=1S/C19H28O4/c1-18-6-5-12-11(17(18)14(21)8-16(18)23)4-3-10-7-13(20)15(22)9-19(10,12)2/h7,11-12,14-17,21-23H,3-6,8-9H2,1-2H3. The summed E-state index contributed by atoms with van der Waals surface area (Å²) in [6.07, 6.45) is 4.78. The summed E-state index contributed by atoms with van der Waals surface area (Å²) in [6, 6.07) is 0. The third-order valence-corrected chi connectivity index (χ3v) is 7.94. The van der Waals surface area contributed by atoms with Gasteiger partial charge < -0.3 is 15.3 Å². The lowest BCUT2D eigenvalue weighted by atomic mass is 9.47. The maximum atomic E-state index is 11.9. The number of rotatable bonds is 0. The number of carbonyl (C=O) groups excluding carboxylic acids is 1. The first kappa shape index (κ1) is 15.8. The van der Waals surface area contributed by atoms with Crippen LogP contribution in [0.4, 0.5) is 0 Å². The number of hydrogen-bond acceptors (Lipinski definition) is 4. The Morgan fingerprint density at radius 3 is 2.65 bits per heavy atom. The molecule has 8 unspecified atom stereocenters. The number of ketones is 1. The van der Waals surface area contributed by atoms with Gasteiger partial charge in [0.25, 0.3) is 0 Å². The highest BCUT2D eigenvalue weighted by Crippen LogP contribution is 2.65.